The summed E-state index contributed by atoms with van der Waals surface area (Å²) < 4.78 is 26.4. The summed E-state index contributed by atoms with van der Waals surface area (Å²) in [5.74, 6) is 1.01. The van der Waals surface area contributed by atoms with E-state index in [0.29, 0.717) is 30.5 Å². The summed E-state index contributed by atoms with van der Waals surface area (Å²) >= 11 is 4.73. The van der Waals surface area contributed by atoms with Crippen molar-refractivity contribution in [2.45, 2.75) is 31.1 Å². The molecule has 2 heterocycles. The lowest BCUT2D eigenvalue weighted by Crippen LogP contribution is -2.42. The first-order valence-corrected chi connectivity index (χ1v) is 12.9. The van der Waals surface area contributed by atoms with Gasteiger partial charge in [0.1, 0.15) is 0 Å². The summed E-state index contributed by atoms with van der Waals surface area (Å²) in [7, 11) is -3.04. The predicted octanol–water partition coefficient (Wildman–Crippen LogP) is 3.02. The van der Waals surface area contributed by atoms with E-state index < -0.39 is 9.84 Å². The topological polar surface area (TPSA) is 85.2 Å². The van der Waals surface area contributed by atoms with Crippen LogP contribution >= 0.6 is 27.7 Å². The molecule has 1 aromatic heterocycles. The van der Waals surface area contributed by atoms with Gasteiger partial charge in [0.25, 0.3) is 0 Å². The number of aromatic nitrogens is 3. The maximum Gasteiger partial charge on any atom is 0.233 e. The Morgan fingerprint density at radius 1 is 1.38 bits per heavy atom. The van der Waals surface area contributed by atoms with Crippen molar-refractivity contribution in [2.75, 3.05) is 23.8 Å². The molecule has 1 amide bonds. The Kier molecular flexibility index (Phi) is 7.18. The molecule has 0 bridgehead atoms. The van der Waals surface area contributed by atoms with Gasteiger partial charge >= 0.3 is 0 Å². The smallest absolute Gasteiger partial charge is 0.233 e. The van der Waals surface area contributed by atoms with Crippen LogP contribution in [0.25, 0.3) is 11.4 Å². The lowest BCUT2D eigenvalue weighted by Gasteiger charge is -2.26. The first kappa shape index (κ1) is 22.0. The van der Waals surface area contributed by atoms with Gasteiger partial charge < -0.3 is 4.90 Å². The van der Waals surface area contributed by atoms with Crippen LogP contribution in [-0.2, 0) is 21.2 Å². The van der Waals surface area contributed by atoms with Crippen LogP contribution in [0.15, 0.2) is 46.5 Å². The van der Waals surface area contributed by atoms with Crippen LogP contribution in [0.3, 0.4) is 0 Å². The Bertz CT molecular complexity index is 989. The average molecular weight is 499 g/mol. The van der Waals surface area contributed by atoms with Gasteiger partial charge in [-0.2, -0.15) is 0 Å². The molecule has 156 valence electrons. The zero-order valence-corrected chi connectivity index (χ0v) is 19.3. The molecule has 0 N–H and O–H groups in total. The lowest BCUT2D eigenvalue weighted by atomic mass is 10.2. The minimum absolute atomic E-state index is 0.0532. The van der Waals surface area contributed by atoms with Crippen LogP contribution in [0.4, 0.5) is 0 Å². The Morgan fingerprint density at radius 3 is 2.69 bits per heavy atom. The molecular formula is C19H23BrN4O3S2. The van der Waals surface area contributed by atoms with Crippen molar-refractivity contribution >= 4 is 43.4 Å². The number of thioether (sulfide) groups is 1. The van der Waals surface area contributed by atoms with E-state index in [2.05, 4.69) is 32.7 Å². The second-order valence-electron chi connectivity index (χ2n) is 6.74. The lowest BCUT2D eigenvalue weighted by molar-refractivity contribution is -0.129. The van der Waals surface area contributed by atoms with Crippen LogP contribution in [0.1, 0.15) is 13.3 Å². The summed E-state index contributed by atoms with van der Waals surface area (Å²) in [6.45, 7) is 6.69. The number of hydrogen-bond donors (Lipinski definition) is 0. The first-order chi connectivity index (χ1) is 13.8. The molecule has 3 rings (SSSR count). The third-order valence-electron chi connectivity index (χ3n) is 4.77. The van der Waals surface area contributed by atoms with Gasteiger partial charge in [-0.1, -0.05) is 45.9 Å². The first-order valence-electron chi connectivity index (χ1n) is 9.27. The summed E-state index contributed by atoms with van der Waals surface area (Å²) in [6.07, 6.45) is 2.27. The predicted molar refractivity (Wildman–Crippen MR) is 119 cm³/mol. The van der Waals surface area contributed by atoms with E-state index in [1.807, 2.05) is 35.8 Å². The van der Waals surface area contributed by atoms with Crippen LogP contribution in [0, 0.1) is 0 Å². The fraction of sp³-hybridized carbons (Fsp3) is 0.421. The fourth-order valence-corrected chi connectivity index (χ4v) is 6.20. The highest BCUT2D eigenvalue weighted by Gasteiger charge is 2.33. The summed E-state index contributed by atoms with van der Waals surface area (Å²) in [4.78, 5) is 14.4. The number of amides is 1. The van der Waals surface area contributed by atoms with Gasteiger partial charge in [-0.05, 0) is 25.5 Å². The number of allylic oxidation sites excluding steroid dienone is 1. The molecule has 1 atom stereocenters. The quantitative estimate of drug-likeness (QED) is 0.410. The van der Waals surface area contributed by atoms with Crippen LogP contribution < -0.4 is 0 Å². The number of halogens is 1. The van der Waals surface area contributed by atoms with Gasteiger partial charge in [-0.15, -0.1) is 16.8 Å². The van der Waals surface area contributed by atoms with Crippen LogP contribution in [0.5, 0.6) is 0 Å². The second kappa shape index (κ2) is 9.44. The highest BCUT2D eigenvalue weighted by Crippen LogP contribution is 2.26. The maximum absolute atomic E-state index is 12.8. The van der Waals surface area contributed by atoms with Crippen molar-refractivity contribution in [1.29, 1.82) is 0 Å². The van der Waals surface area contributed by atoms with E-state index in [1.165, 1.54) is 11.8 Å². The SMILES string of the molecule is C=CCn1c(SCC(=O)N(CC)[C@@H]2CCS(=O)(=O)C2)nnc1-c1ccc(Br)cc1. The molecule has 7 nitrogen and oxygen atoms in total. The molecule has 1 aromatic carbocycles. The van der Waals surface area contributed by atoms with Crippen molar-refractivity contribution in [3.63, 3.8) is 0 Å². The average Bonchev–Trinajstić information content (AvgIpc) is 3.25. The summed E-state index contributed by atoms with van der Waals surface area (Å²) in [5, 5.41) is 9.19. The number of carbonyl (C=O) groups excluding carboxylic acids is 1. The molecular weight excluding hydrogens is 476 g/mol. The minimum Gasteiger partial charge on any atom is -0.338 e. The number of benzene rings is 1. The molecule has 0 radical (unpaired) electrons. The molecule has 29 heavy (non-hydrogen) atoms. The van der Waals surface area contributed by atoms with Crippen molar-refractivity contribution < 1.29 is 13.2 Å². The van der Waals surface area contributed by atoms with Crippen LogP contribution in [0.2, 0.25) is 0 Å². The molecule has 10 heteroatoms. The number of nitrogens with zero attached hydrogens (tertiary/aromatic N) is 4. The van der Waals surface area contributed by atoms with Crippen molar-refractivity contribution in [3.05, 3.63) is 41.4 Å². The Balaban J connectivity index is 1.73. The monoisotopic (exact) mass is 498 g/mol. The van der Waals surface area contributed by atoms with Gasteiger partial charge in [0.05, 0.1) is 17.3 Å². The molecule has 0 saturated carbocycles. The van der Waals surface area contributed by atoms with Crippen LogP contribution in [-0.4, -0.2) is 63.8 Å². The number of rotatable bonds is 8. The van der Waals surface area contributed by atoms with Crippen molar-refractivity contribution in [1.82, 2.24) is 19.7 Å². The number of carbonyl (C=O) groups is 1. The third kappa shape index (κ3) is 5.29. The summed E-state index contributed by atoms with van der Waals surface area (Å²) in [5.41, 5.74) is 0.923. The molecule has 2 aromatic rings. The Labute approximate surface area is 183 Å². The molecule has 1 saturated heterocycles. The highest BCUT2D eigenvalue weighted by molar-refractivity contribution is 9.10. The molecule has 1 fully saturated rings. The largest absolute Gasteiger partial charge is 0.338 e. The van der Waals surface area contributed by atoms with Gasteiger partial charge in [0.15, 0.2) is 20.8 Å². The zero-order chi connectivity index (χ0) is 21.0. The van der Waals surface area contributed by atoms with Gasteiger partial charge in [-0.25, -0.2) is 8.42 Å². The number of hydrogen-bond acceptors (Lipinski definition) is 6. The third-order valence-corrected chi connectivity index (χ3v) is 8.00. The molecule has 0 unspecified atom stereocenters. The fourth-order valence-electron chi connectivity index (χ4n) is 3.37. The van der Waals surface area contributed by atoms with E-state index in [4.69, 9.17) is 0 Å². The molecule has 0 spiro atoms. The molecule has 1 aliphatic heterocycles. The van der Waals surface area contributed by atoms with Crippen molar-refractivity contribution in [2.24, 2.45) is 0 Å². The van der Waals surface area contributed by atoms with E-state index in [1.54, 1.807) is 11.0 Å². The normalized spacial score (nSPS) is 17.9. The van der Waals surface area contributed by atoms with Gasteiger partial charge in [0, 0.05) is 29.2 Å². The van der Waals surface area contributed by atoms with E-state index in [0.717, 1.165) is 10.0 Å². The van der Waals surface area contributed by atoms with E-state index in [-0.39, 0.29) is 29.2 Å². The van der Waals surface area contributed by atoms with E-state index in [9.17, 15) is 13.2 Å². The van der Waals surface area contributed by atoms with Gasteiger partial charge in [-0.3, -0.25) is 9.36 Å². The Morgan fingerprint density at radius 2 is 2.10 bits per heavy atom. The minimum atomic E-state index is -3.04. The standard InChI is InChI=1S/C19H23BrN4O3S2/c1-3-10-24-18(14-5-7-15(20)8-6-14)21-22-19(24)28-12-17(25)23(4-2)16-9-11-29(26,27)13-16/h3,5-8,16H,1,4,9-13H2,2H3/t16-/m1/s1. The second-order valence-corrected chi connectivity index (χ2v) is 10.8. The van der Waals surface area contributed by atoms with E-state index >= 15 is 0 Å². The Hall–Kier alpha value is -1.65. The molecule has 0 aliphatic carbocycles. The van der Waals surface area contributed by atoms with Crippen molar-refractivity contribution in [3.8, 4) is 11.4 Å². The van der Waals surface area contributed by atoms with Gasteiger partial charge in [0.2, 0.25) is 5.91 Å². The highest BCUT2D eigenvalue weighted by atomic mass is 79.9. The summed E-state index contributed by atoms with van der Waals surface area (Å²) in [6, 6.07) is 7.54. The maximum atomic E-state index is 12.8. The zero-order valence-electron chi connectivity index (χ0n) is 16.1. The number of sulfone groups is 1. The molecule has 1 aliphatic rings.